The predicted molar refractivity (Wildman–Crippen MR) is 73.4 cm³/mol. The van der Waals surface area contributed by atoms with Crippen LogP contribution in [0.5, 0.6) is 5.75 Å². The molecule has 1 rings (SSSR count). The Bertz CT molecular complexity index is 558. The zero-order chi connectivity index (χ0) is 16.0. The van der Waals surface area contributed by atoms with Crippen LogP contribution in [0.15, 0.2) is 18.2 Å². The lowest BCUT2D eigenvalue weighted by Crippen LogP contribution is -2.36. The van der Waals surface area contributed by atoms with Gasteiger partial charge in [-0.15, -0.1) is 0 Å². The topological polar surface area (TPSA) is 119 Å². The number of hydrogen-bond donors (Lipinski definition) is 2. The second-order valence-corrected chi connectivity index (χ2v) is 4.29. The van der Waals surface area contributed by atoms with E-state index >= 15 is 0 Å². The third-order valence-electron chi connectivity index (χ3n) is 2.63. The van der Waals surface area contributed by atoms with E-state index < -0.39 is 28.2 Å². The van der Waals surface area contributed by atoms with Gasteiger partial charge in [0.1, 0.15) is 11.3 Å². The van der Waals surface area contributed by atoms with Crippen LogP contribution in [0.3, 0.4) is 0 Å². The number of ether oxygens (including phenoxy) is 1. The highest BCUT2D eigenvalue weighted by Gasteiger charge is 2.22. The van der Waals surface area contributed by atoms with Crippen LogP contribution < -0.4 is 10.1 Å². The van der Waals surface area contributed by atoms with Gasteiger partial charge in [-0.25, -0.2) is 4.79 Å². The first-order valence-electron chi connectivity index (χ1n) is 6.33. The molecule has 114 valence electrons. The van der Waals surface area contributed by atoms with Gasteiger partial charge >= 0.3 is 5.97 Å². The molecule has 0 saturated heterocycles. The number of nitrogens with zero attached hydrogens (tertiary/aromatic N) is 1. The maximum atomic E-state index is 11.6. The van der Waals surface area contributed by atoms with Gasteiger partial charge in [-0.1, -0.05) is 6.92 Å². The van der Waals surface area contributed by atoms with E-state index in [1.807, 2.05) is 6.92 Å². The van der Waals surface area contributed by atoms with Crippen molar-refractivity contribution in [3.8, 4) is 5.75 Å². The number of benzene rings is 1. The van der Waals surface area contributed by atoms with Crippen molar-refractivity contribution in [2.45, 2.75) is 26.4 Å². The van der Waals surface area contributed by atoms with E-state index in [0.29, 0.717) is 6.54 Å². The molecule has 1 aromatic carbocycles. The molecule has 8 heteroatoms. The number of aromatic carboxylic acids is 1. The summed E-state index contributed by atoms with van der Waals surface area (Å²) in [6, 6.07) is 3.33. The van der Waals surface area contributed by atoms with Crippen molar-refractivity contribution >= 4 is 17.6 Å². The van der Waals surface area contributed by atoms with Crippen molar-refractivity contribution in [2.75, 3.05) is 6.54 Å². The molecular formula is C13H16N2O6. The molecule has 0 bridgehead atoms. The first kappa shape index (κ1) is 16.4. The molecule has 0 fully saturated rings. The Kier molecular flexibility index (Phi) is 5.65. The van der Waals surface area contributed by atoms with Gasteiger partial charge in [-0.3, -0.25) is 14.9 Å². The SMILES string of the molecule is CCCNC(=O)C(C)Oc1ccc([N+](=O)[O-])c(C(=O)O)c1. The lowest BCUT2D eigenvalue weighted by molar-refractivity contribution is -0.385. The Balaban J connectivity index is 2.90. The van der Waals surface area contributed by atoms with Gasteiger partial charge in [0.05, 0.1) is 4.92 Å². The van der Waals surface area contributed by atoms with E-state index in [1.165, 1.54) is 13.0 Å². The van der Waals surface area contributed by atoms with Crippen LogP contribution in [0.2, 0.25) is 0 Å². The van der Waals surface area contributed by atoms with Crippen molar-refractivity contribution in [3.63, 3.8) is 0 Å². The monoisotopic (exact) mass is 296 g/mol. The molecule has 0 aliphatic carbocycles. The van der Waals surface area contributed by atoms with Crippen molar-refractivity contribution in [1.29, 1.82) is 0 Å². The molecule has 2 N–H and O–H groups in total. The van der Waals surface area contributed by atoms with Gasteiger partial charge in [-0.2, -0.15) is 0 Å². The lowest BCUT2D eigenvalue weighted by Gasteiger charge is -2.14. The second kappa shape index (κ2) is 7.22. The van der Waals surface area contributed by atoms with E-state index in [-0.39, 0.29) is 11.7 Å². The Morgan fingerprint density at radius 3 is 2.67 bits per heavy atom. The second-order valence-electron chi connectivity index (χ2n) is 4.29. The standard InChI is InChI=1S/C13H16N2O6/c1-3-6-14-12(16)8(2)21-9-4-5-11(15(19)20)10(7-9)13(17)18/h4-5,7-8H,3,6H2,1-2H3,(H,14,16)(H,17,18). The average molecular weight is 296 g/mol. The van der Waals surface area contributed by atoms with Crippen molar-refractivity contribution in [3.05, 3.63) is 33.9 Å². The highest BCUT2D eigenvalue weighted by atomic mass is 16.6. The number of hydrogen-bond acceptors (Lipinski definition) is 5. The van der Waals surface area contributed by atoms with E-state index in [2.05, 4.69) is 5.32 Å². The summed E-state index contributed by atoms with van der Waals surface area (Å²) in [6.45, 7) is 3.92. The van der Waals surface area contributed by atoms with E-state index in [9.17, 15) is 19.7 Å². The molecule has 1 aromatic rings. The van der Waals surface area contributed by atoms with Gasteiger partial charge in [0.25, 0.3) is 11.6 Å². The van der Waals surface area contributed by atoms with Gasteiger partial charge in [0, 0.05) is 18.7 Å². The maximum absolute atomic E-state index is 11.6. The normalized spacial score (nSPS) is 11.5. The van der Waals surface area contributed by atoms with Gasteiger partial charge in [-0.05, 0) is 19.4 Å². The molecule has 1 atom stereocenters. The number of amides is 1. The Hall–Kier alpha value is -2.64. The molecule has 21 heavy (non-hydrogen) atoms. The third kappa shape index (κ3) is 4.44. The number of carboxylic acids is 1. The van der Waals surface area contributed by atoms with Crippen LogP contribution in [0.4, 0.5) is 5.69 Å². The quantitative estimate of drug-likeness (QED) is 0.582. The fraction of sp³-hybridized carbons (Fsp3) is 0.385. The molecule has 0 spiro atoms. The summed E-state index contributed by atoms with van der Waals surface area (Å²) in [5, 5.41) is 22.3. The molecule has 0 aliphatic heterocycles. The minimum Gasteiger partial charge on any atom is -0.481 e. The number of nitro groups is 1. The lowest BCUT2D eigenvalue weighted by atomic mass is 10.1. The highest BCUT2D eigenvalue weighted by molar-refractivity contribution is 5.92. The minimum absolute atomic E-state index is 0.0807. The van der Waals surface area contributed by atoms with Gasteiger partial charge in [0.15, 0.2) is 6.10 Å². The molecule has 1 unspecified atom stereocenters. The summed E-state index contributed by atoms with van der Waals surface area (Å²) >= 11 is 0. The first-order chi connectivity index (χ1) is 9.86. The molecule has 8 nitrogen and oxygen atoms in total. The number of carboxylic acid groups (broad SMARTS) is 1. The van der Waals surface area contributed by atoms with Crippen LogP contribution in [-0.4, -0.2) is 34.6 Å². The van der Waals surface area contributed by atoms with E-state index in [4.69, 9.17) is 9.84 Å². The number of nitro benzene ring substituents is 1. The van der Waals surface area contributed by atoms with Crippen LogP contribution in [0.25, 0.3) is 0 Å². The Morgan fingerprint density at radius 2 is 2.14 bits per heavy atom. The molecule has 0 saturated carbocycles. The zero-order valence-corrected chi connectivity index (χ0v) is 11.7. The number of nitrogens with one attached hydrogen (secondary N) is 1. The average Bonchev–Trinajstić information content (AvgIpc) is 2.44. The third-order valence-corrected chi connectivity index (χ3v) is 2.63. The summed E-state index contributed by atoms with van der Waals surface area (Å²) < 4.78 is 5.30. The summed E-state index contributed by atoms with van der Waals surface area (Å²) in [7, 11) is 0. The maximum Gasteiger partial charge on any atom is 0.342 e. The molecule has 1 amide bonds. The smallest absolute Gasteiger partial charge is 0.342 e. The summed E-state index contributed by atoms with van der Waals surface area (Å²) in [6.07, 6.45) is -0.0567. The fourth-order valence-corrected chi connectivity index (χ4v) is 1.57. The van der Waals surface area contributed by atoms with Crippen LogP contribution in [-0.2, 0) is 4.79 Å². The number of carbonyl (C=O) groups is 2. The van der Waals surface area contributed by atoms with Gasteiger partial charge < -0.3 is 15.2 Å². The first-order valence-corrected chi connectivity index (χ1v) is 6.33. The number of carbonyl (C=O) groups excluding carboxylic acids is 1. The molecular weight excluding hydrogens is 280 g/mol. The van der Waals surface area contributed by atoms with Crippen molar-refractivity contribution in [2.24, 2.45) is 0 Å². The number of rotatable bonds is 7. The largest absolute Gasteiger partial charge is 0.481 e. The predicted octanol–water partition coefficient (Wildman–Crippen LogP) is 1.59. The van der Waals surface area contributed by atoms with Gasteiger partial charge in [0.2, 0.25) is 0 Å². The summed E-state index contributed by atoms with van der Waals surface area (Å²) in [5.74, 6) is -1.69. The van der Waals surface area contributed by atoms with Crippen LogP contribution >= 0.6 is 0 Å². The van der Waals surface area contributed by atoms with Crippen LogP contribution in [0, 0.1) is 10.1 Å². The fourth-order valence-electron chi connectivity index (χ4n) is 1.57. The van der Waals surface area contributed by atoms with Crippen molar-refractivity contribution in [1.82, 2.24) is 5.32 Å². The van der Waals surface area contributed by atoms with E-state index in [1.54, 1.807) is 0 Å². The highest BCUT2D eigenvalue weighted by Crippen LogP contribution is 2.24. The summed E-state index contributed by atoms with van der Waals surface area (Å²) in [4.78, 5) is 32.6. The van der Waals surface area contributed by atoms with Crippen molar-refractivity contribution < 1.29 is 24.4 Å². The molecule has 0 aromatic heterocycles. The molecule has 0 aliphatic rings. The Labute approximate surface area is 120 Å². The molecule has 0 heterocycles. The zero-order valence-electron chi connectivity index (χ0n) is 11.7. The molecule has 0 radical (unpaired) electrons. The minimum atomic E-state index is -1.43. The van der Waals surface area contributed by atoms with Crippen LogP contribution in [0.1, 0.15) is 30.6 Å². The Morgan fingerprint density at radius 1 is 1.48 bits per heavy atom. The summed E-state index contributed by atoms with van der Waals surface area (Å²) in [5.41, 5.74) is -1.02. The van der Waals surface area contributed by atoms with E-state index in [0.717, 1.165) is 18.6 Å².